The molecule has 8 heavy (non-hydrogen) atoms. The molecule has 0 aromatic heterocycles. The third-order valence-electron chi connectivity index (χ3n) is 0.699. The summed E-state index contributed by atoms with van der Waals surface area (Å²) in [6, 6.07) is 0. The van der Waals surface area contributed by atoms with Gasteiger partial charge in [0.2, 0.25) is 0 Å². The summed E-state index contributed by atoms with van der Waals surface area (Å²) in [5.74, 6) is 0. The standard InChI is InChI=1S/C5H9O3/c1-5(2,3-6)8-4-7/h6H,3H2,1-2H3. The van der Waals surface area contributed by atoms with Gasteiger partial charge in [0.05, 0.1) is 6.61 Å². The lowest BCUT2D eigenvalue weighted by atomic mass is 10.2. The molecule has 1 N–H and O–H groups in total. The largest absolute Gasteiger partial charge is 0.449 e. The fourth-order valence-electron chi connectivity index (χ4n) is 0.145. The summed E-state index contributed by atoms with van der Waals surface area (Å²) in [7, 11) is 0. The van der Waals surface area contributed by atoms with Gasteiger partial charge in [-0.15, -0.1) is 0 Å². The van der Waals surface area contributed by atoms with Gasteiger partial charge in [-0.25, -0.2) is 4.79 Å². The van der Waals surface area contributed by atoms with Crippen LogP contribution in [-0.4, -0.2) is 23.8 Å². The van der Waals surface area contributed by atoms with Crippen molar-refractivity contribution in [3.05, 3.63) is 0 Å². The van der Waals surface area contributed by atoms with E-state index in [1.807, 2.05) is 0 Å². The van der Waals surface area contributed by atoms with E-state index < -0.39 is 5.60 Å². The van der Waals surface area contributed by atoms with Crippen LogP contribution < -0.4 is 0 Å². The van der Waals surface area contributed by atoms with E-state index >= 15 is 0 Å². The van der Waals surface area contributed by atoms with E-state index in [1.165, 1.54) is 6.47 Å². The Balaban J connectivity index is 3.53. The van der Waals surface area contributed by atoms with E-state index in [2.05, 4.69) is 4.74 Å². The predicted molar refractivity (Wildman–Crippen MR) is 27.9 cm³/mol. The van der Waals surface area contributed by atoms with Gasteiger partial charge in [-0.3, -0.25) is 0 Å². The van der Waals surface area contributed by atoms with Crippen molar-refractivity contribution in [2.75, 3.05) is 6.61 Å². The predicted octanol–water partition coefficient (Wildman–Crippen LogP) is -0.159. The van der Waals surface area contributed by atoms with Crippen molar-refractivity contribution in [1.29, 1.82) is 0 Å². The first-order chi connectivity index (χ1) is 3.62. The van der Waals surface area contributed by atoms with Crippen LogP contribution >= 0.6 is 0 Å². The molecule has 0 rings (SSSR count). The Morgan fingerprint density at radius 3 is 2.38 bits per heavy atom. The van der Waals surface area contributed by atoms with Crippen LogP contribution in [0.25, 0.3) is 0 Å². The first-order valence-corrected chi connectivity index (χ1v) is 2.28. The fraction of sp³-hybridized carbons (Fsp3) is 0.800. The minimum Gasteiger partial charge on any atom is -0.449 e. The zero-order valence-corrected chi connectivity index (χ0v) is 4.97. The number of aliphatic hydroxyl groups excluding tert-OH is 1. The molecule has 0 aromatic rings. The van der Waals surface area contributed by atoms with Crippen LogP contribution in [0.15, 0.2) is 0 Å². The van der Waals surface area contributed by atoms with Crippen LogP contribution in [0.3, 0.4) is 0 Å². The van der Waals surface area contributed by atoms with Crippen LogP contribution in [0.1, 0.15) is 13.8 Å². The SMILES string of the molecule is CC(C)(CO)O[C]=O. The first kappa shape index (κ1) is 7.43. The van der Waals surface area contributed by atoms with E-state index in [-0.39, 0.29) is 6.61 Å². The Hall–Kier alpha value is -0.570. The van der Waals surface area contributed by atoms with Crippen LogP contribution in [0, 0.1) is 0 Å². The van der Waals surface area contributed by atoms with Crippen molar-refractivity contribution >= 4 is 6.47 Å². The van der Waals surface area contributed by atoms with Gasteiger partial charge in [-0.1, -0.05) is 0 Å². The van der Waals surface area contributed by atoms with Crippen molar-refractivity contribution in [1.82, 2.24) is 0 Å². The lowest BCUT2D eigenvalue weighted by molar-refractivity contribution is 0.0276. The number of carbonyl (C=O) groups excluding carboxylic acids is 1. The van der Waals surface area contributed by atoms with E-state index in [1.54, 1.807) is 13.8 Å². The monoisotopic (exact) mass is 117 g/mol. The summed E-state index contributed by atoms with van der Waals surface area (Å²) in [6.07, 6.45) is 0. The van der Waals surface area contributed by atoms with Crippen molar-refractivity contribution < 1.29 is 14.6 Å². The third-order valence-corrected chi connectivity index (χ3v) is 0.699. The highest BCUT2D eigenvalue weighted by Crippen LogP contribution is 2.03. The molecule has 0 saturated carbocycles. The summed E-state index contributed by atoms with van der Waals surface area (Å²) < 4.78 is 4.32. The van der Waals surface area contributed by atoms with Gasteiger partial charge < -0.3 is 9.84 Å². The minimum absolute atomic E-state index is 0.178. The molecule has 0 fully saturated rings. The molecule has 3 nitrogen and oxygen atoms in total. The Morgan fingerprint density at radius 1 is 1.75 bits per heavy atom. The van der Waals surface area contributed by atoms with Crippen molar-refractivity contribution in [2.45, 2.75) is 19.4 Å². The number of aliphatic hydroxyl groups is 1. The fourth-order valence-corrected chi connectivity index (χ4v) is 0.145. The molecular formula is C5H9O3. The number of rotatable bonds is 3. The second kappa shape index (κ2) is 2.67. The van der Waals surface area contributed by atoms with Gasteiger partial charge in [-0.2, -0.15) is 0 Å². The van der Waals surface area contributed by atoms with Gasteiger partial charge >= 0.3 is 6.47 Å². The molecule has 0 saturated heterocycles. The van der Waals surface area contributed by atoms with Gasteiger partial charge in [0.1, 0.15) is 5.60 Å². The van der Waals surface area contributed by atoms with E-state index in [9.17, 15) is 4.79 Å². The zero-order valence-electron chi connectivity index (χ0n) is 4.97. The van der Waals surface area contributed by atoms with E-state index in [4.69, 9.17) is 5.11 Å². The maximum atomic E-state index is 9.52. The first-order valence-electron chi connectivity index (χ1n) is 2.28. The molecule has 3 heteroatoms. The summed E-state index contributed by atoms with van der Waals surface area (Å²) >= 11 is 0. The smallest absolute Gasteiger partial charge is 0.418 e. The highest BCUT2D eigenvalue weighted by Gasteiger charge is 2.16. The minimum atomic E-state index is -0.776. The van der Waals surface area contributed by atoms with E-state index in [0.29, 0.717) is 0 Å². The average molecular weight is 117 g/mol. The highest BCUT2D eigenvalue weighted by molar-refractivity contribution is 5.39. The van der Waals surface area contributed by atoms with Gasteiger partial charge in [-0.05, 0) is 13.8 Å². The molecular weight excluding hydrogens is 108 g/mol. The summed E-state index contributed by atoms with van der Waals surface area (Å²) in [5.41, 5.74) is -0.776. The number of hydrogen-bond donors (Lipinski definition) is 1. The Bertz CT molecular complexity index is 77.7. The Labute approximate surface area is 48.3 Å². The maximum Gasteiger partial charge on any atom is 0.418 e. The third kappa shape index (κ3) is 2.58. The topological polar surface area (TPSA) is 46.5 Å². The second-order valence-electron chi connectivity index (χ2n) is 2.10. The maximum absolute atomic E-state index is 9.52. The summed E-state index contributed by atoms with van der Waals surface area (Å²) in [5, 5.41) is 8.42. The lowest BCUT2D eigenvalue weighted by Gasteiger charge is -2.17. The van der Waals surface area contributed by atoms with E-state index in [0.717, 1.165) is 0 Å². The molecule has 0 bridgehead atoms. The molecule has 47 valence electrons. The quantitative estimate of drug-likeness (QED) is 0.558. The van der Waals surface area contributed by atoms with Crippen molar-refractivity contribution in [2.24, 2.45) is 0 Å². The van der Waals surface area contributed by atoms with Crippen molar-refractivity contribution in [3.8, 4) is 0 Å². The molecule has 0 amide bonds. The molecule has 0 heterocycles. The molecule has 0 aliphatic heterocycles. The molecule has 0 aromatic carbocycles. The normalized spacial score (nSPS) is 10.9. The highest BCUT2D eigenvalue weighted by atomic mass is 16.5. The van der Waals surface area contributed by atoms with Crippen LogP contribution in [0.4, 0.5) is 0 Å². The molecule has 0 unspecified atom stereocenters. The summed E-state index contributed by atoms with van der Waals surface area (Å²) in [6.45, 7) is 4.26. The Kier molecular flexibility index (Phi) is 2.48. The molecule has 0 aliphatic carbocycles. The van der Waals surface area contributed by atoms with Crippen molar-refractivity contribution in [3.63, 3.8) is 0 Å². The molecule has 0 spiro atoms. The van der Waals surface area contributed by atoms with Gasteiger partial charge in [0, 0.05) is 0 Å². The Morgan fingerprint density at radius 2 is 2.25 bits per heavy atom. The van der Waals surface area contributed by atoms with Gasteiger partial charge in [0.25, 0.3) is 0 Å². The van der Waals surface area contributed by atoms with Crippen LogP contribution in [-0.2, 0) is 9.53 Å². The second-order valence-corrected chi connectivity index (χ2v) is 2.10. The van der Waals surface area contributed by atoms with Crippen LogP contribution in [0.5, 0.6) is 0 Å². The molecule has 1 radical (unpaired) electrons. The molecule has 0 atom stereocenters. The van der Waals surface area contributed by atoms with Gasteiger partial charge in [0.15, 0.2) is 0 Å². The number of hydrogen-bond acceptors (Lipinski definition) is 3. The lowest BCUT2D eigenvalue weighted by Crippen LogP contribution is -2.28. The molecule has 0 aliphatic rings. The average Bonchev–Trinajstić information content (AvgIpc) is 1.67. The van der Waals surface area contributed by atoms with Crippen LogP contribution in [0.2, 0.25) is 0 Å². The number of ether oxygens (including phenoxy) is 1. The summed E-state index contributed by atoms with van der Waals surface area (Å²) in [4.78, 5) is 9.52. The zero-order chi connectivity index (χ0) is 6.62.